The highest BCUT2D eigenvalue weighted by atomic mass is 16.5. The fourth-order valence-electron chi connectivity index (χ4n) is 2.13. The summed E-state index contributed by atoms with van der Waals surface area (Å²) in [5, 5.41) is 1.14. The molecule has 0 fully saturated rings. The second kappa shape index (κ2) is 4.57. The van der Waals surface area contributed by atoms with Crippen LogP contribution in [0.5, 0.6) is 5.75 Å². The van der Waals surface area contributed by atoms with E-state index in [1.54, 1.807) is 0 Å². The van der Waals surface area contributed by atoms with Crippen molar-refractivity contribution < 1.29 is 4.74 Å². The first-order chi connectivity index (χ1) is 8.83. The molecular formula is C16H15NO. The Morgan fingerprint density at radius 1 is 1.00 bits per heavy atom. The van der Waals surface area contributed by atoms with Crippen molar-refractivity contribution in [3.8, 4) is 5.75 Å². The molecule has 2 heteroatoms. The molecule has 0 radical (unpaired) electrons. The maximum atomic E-state index is 5.90. The number of aromatic amines is 1. The zero-order chi connectivity index (χ0) is 12.4. The van der Waals surface area contributed by atoms with Crippen LogP contribution in [0.4, 0.5) is 0 Å². The van der Waals surface area contributed by atoms with Crippen LogP contribution < -0.4 is 4.74 Å². The van der Waals surface area contributed by atoms with E-state index in [-0.39, 0.29) is 0 Å². The molecule has 1 heterocycles. The number of benzene rings is 2. The number of hydrogen-bond acceptors (Lipinski definition) is 1. The van der Waals surface area contributed by atoms with Crippen LogP contribution in [0.25, 0.3) is 10.9 Å². The van der Waals surface area contributed by atoms with Gasteiger partial charge in [0.05, 0.1) is 0 Å². The molecule has 18 heavy (non-hydrogen) atoms. The van der Waals surface area contributed by atoms with E-state index in [1.165, 1.54) is 5.56 Å². The predicted molar refractivity (Wildman–Crippen MR) is 73.8 cm³/mol. The fourth-order valence-corrected chi connectivity index (χ4v) is 2.13. The third kappa shape index (κ3) is 2.09. The van der Waals surface area contributed by atoms with Crippen LogP contribution in [0.1, 0.15) is 11.3 Å². The van der Waals surface area contributed by atoms with Gasteiger partial charge in [-0.3, -0.25) is 0 Å². The highest BCUT2D eigenvalue weighted by Crippen LogP contribution is 2.26. The van der Waals surface area contributed by atoms with Gasteiger partial charge in [0.2, 0.25) is 0 Å². The summed E-state index contributed by atoms with van der Waals surface area (Å²) in [6, 6.07) is 18.4. The number of ether oxygens (including phenoxy) is 1. The Balaban J connectivity index is 1.86. The van der Waals surface area contributed by atoms with Crippen molar-refractivity contribution in [2.45, 2.75) is 13.5 Å². The van der Waals surface area contributed by atoms with Crippen LogP contribution >= 0.6 is 0 Å². The largest absolute Gasteiger partial charge is 0.488 e. The zero-order valence-corrected chi connectivity index (χ0v) is 10.3. The monoisotopic (exact) mass is 237 g/mol. The van der Waals surface area contributed by atoms with Gasteiger partial charge in [0.15, 0.2) is 0 Å². The van der Waals surface area contributed by atoms with Crippen LogP contribution in [-0.4, -0.2) is 4.98 Å². The third-order valence-electron chi connectivity index (χ3n) is 3.00. The van der Waals surface area contributed by atoms with Crippen molar-refractivity contribution in [3.05, 3.63) is 65.9 Å². The summed E-state index contributed by atoms with van der Waals surface area (Å²) in [7, 11) is 0. The number of nitrogens with one attached hydrogen (secondary N) is 1. The SMILES string of the molecule is Cc1cc2c(OCc3ccccc3)cccc2[nH]1. The minimum Gasteiger partial charge on any atom is -0.488 e. The molecule has 0 saturated heterocycles. The summed E-state index contributed by atoms with van der Waals surface area (Å²) in [5.41, 5.74) is 3.46. The Morgan fingerprint density at radius 2 is 1.83 bits per heavy atom. The summed E-state index contributed by atoms with van der Waals surface area (Å²) < 4.78 is 5.90. The number of aromatic nitrogens is 1. The van der Waals surface area contributed by atoms with Crippen molar-refractivity contribution in [1.82, 2.24) is 4.98 Å². The van der Waals surface area contributed by atoms with E-state index < -0.39 is 0 Å². The van der Waals surface area contributed by atoms with Crippen molar-refractivity contribution in [2.24, 2.45) is 0 Å². The van der Waals surface area contributed by atoms with E-state index >= 15 is 0 Å². The molecule has 3 rings (SSSR count). The van der Waals surface area contributed by atoms with Gasteiger partial charge in [-0.15, -0.1) is 0 Å². The minimum absolute atomic E-state index is 0.601. The normalized spacial score (nSPS) is 10.7. The summed E-state index contributed by atoms with van der Waals surface area (Å²) in [6.45, 7) is 2.66. The van der Waals surface area contributed by atoms with Crippen LogP contribution in [0.2, 0.25) is 0 Å². The number of H-pyrrole nitrogens is 1. The quantitative estimate of drug-likeness (QED) is 0.730. The molecule has 0 atom stereocenters. The zero-order valence-electron chi connectivity index (χ0n) is 10.3. The lowest BCUT2D eigenvalue weighted by Gasteiger charge is -2.07. The number of rotatable bonds is 3. The van der Waals surface area contributed by atoms with E-state index in [0.29, 0.717) is 6.61 Å². The van der Waals surface area contributed by atoms with E-state index in [2.05, 4.69) is 36.2 Å². The highest BCUT2D eigenvalue weighted by molar-refractivity contribution is 5.86. The van der Waals surface area contributed by atoms with E-state index in [1.807, 2.05) is 30.3 Å². The predicted octanol–water partition coefficient (Wildman–Crippen LogP) is 4.06. The van der Waals surface area contributed by atoms with Gasteiger partial charge in [-0.1, -0.05) is 36.4 Å². The van der Waals surface area contributed by atoms with E-state index in [9.17, 15) is 0 Å². The van der Waals surface area contributed by atoms with Crippen LogP contribution in [0, 0.1) is 6.92 Å². The van der Waals surface area contributed by atoms with Gasteiger partial charge in [0, 0.05) is 16.6 Å². The topological polar surface area (TPSA) is 25.0 Å². The molecule has 0 saturated carbocycles. The summed E-state index contributed by atoms with van der Waals surface area (Å²) in [5.74, 6) is 0.931. The Morgan fingerprint density at radius 3 is 2.67 bits per heavy atom. The first-order valence-electron chi connectivity index (χ1n) is 6.08. The van der Waals surface area contributed by atoms with E-state index in [4.69, 9.17) is 4.74 Å². The highest BCUT2D eigenvalue weighted by Gasteiger charge is 2.04. The molecule has 2 aromatic carbocycles. The van der Waals surface area contributed by atoms with Gasteiger partial charge in [-0.05, 0) is 30.7 Å². The molecule has 1 aromatic heterocycles. The van der Waals surface area contributed by atoms with Gasteiger partial charge in [0.1, 0.15) is 12.4 Å². The molecule has 2 nitrogen and oxygen atoms in total. The molecule has 0 aliphatic carbocycles. The summed E-state index contributed by atoms with van der Waals surface area (Å²) >= 11 is 0. The standard InChI is InChI=1S/C16H15NO/c1-12-10-14-15(17-12)8-5-9-16(14)18-11-13-6-3-2-4-7-13/h2-10,17H,11H2,1H3. The molecule has 0 bridgehead atoms. The van der Waals surface area contributed by atoms with Crippen molar-refractivity contribution in [2.75, 3.05) is 0 Å². The Kier molecular flexibility index (Phi) is 2.77. The van der Waals surface area contributed by atoms with Crippen LogP contribution in [-0.2, 0) is 6.61 Å². The van der Waals surface area contributed by atoms with E-state index in [0.717, 1.165) is 22.3 Å². The number of hydrogen-bond donors (Lipinski definition) is 1. The first-order valence-corrected chi connectivity index (χ1v) is 6.08. The van der Waals surface area contributed by atoms with Crippen molar-refractivity contribution in [1.29, 1.82) is 0 Å². The van der Waals surface area contributed by atoms with Gasteiger partial charge in [-0.25, -0.2) is 0 Å². The summed E-state index contributed by atoms with van der Waals surface area (Å²) in [4.78, 5) is 3.32. The van der Waals surface area contributed by atoms with Crippen LogP contribution in [0.3, 0.4) is 0 Å². The first kappa shape index (κ1) is 10.9. The smallest absolute Gasteiger partial charge is 0.129 e. The van der Waals surface area contributed by atoms with Gasteiger partial charge >= 0.3 is 0 Å². The van der Waals surface area contributed by atoms with Gasteiger partial charge < -0.3 is 9.72 Å². The summed E-state index contributed by atoms with van der Waals surface area (Å²) in [6.07, 6.45) is 0. The van der Waals surface area contributed by atoms with Gasteiger partial charge in [0.25, 0.3) is 0 Å². The van der Waals surface area contributed by atoms with Crippen LogP contribution in [0.15, 0.2) is 54.6 Å². The molecule has 0 unspecified atom stereocenters. The average Bonchev–Trinajstić information content (AvgIpc) is 2.78. The fraction of sp³-hybridized carbons (Fsp3) is 0.125. The number of fused-ring (bicyclic) bond motifs is 1. The minimum atomic E-state index is 0.601. The van der Waals surface area contributed by atoms with Gasteiger partial charge in [-0.2, -0.15) is 0 Å². The van der Waals surface area contributed by atoms with Crippen molar-refractivity contribution in [3.63, 3.8) is 0 Å². The lowest BCUT2D eigenvalue weighted by atomic mass is 10.2. The molecule has 0 aliphatic rings. The molecule has 0 amide bonds. The molecular weight excluding hydrogens is 222 g/mol. The Bertz CT molecular complexity index is 655. The lowest BCUT2D eigenvalue weighted by Crippen LogP contribution is -1.94. The average molecular weight is 237 g/mol. The maximum Gasteiger partial charge on any atom is 0.129 e. The molecule has 0 aliphatic heterocycles. The molecule has 0 spiro atoms. The second-order valence-corrected chi connectivity index (χ2v) is 4.44. The second-order valence-electron chi connectivity index (χ2n) is 4.44. The third-order valence-corrected chi connectivity index (χ3v) is 3.00. The molecule has 3 aromatic rings. The maximum absolute atomic E-state index is 5.90. The lowest BCUT2D eigenvalue weighted by molar-refractivity contribution is 0.310. The molecule has 90 valence electrons. The number of aryl methyl sites for hydroxylation is 1. The molecule has 1 N–H and O–H groups in total. The Hall–Kier alpha value is -2.22. The Labute approximate surface area is 106 Å². The van der Waals surface area contributed by atoms with Crippen molar-refractivity contribution >= 4 is 10.9 Å².